The van der Waals surface area contributed by atoms with E-state index in [1.807, 2.05) is 0 Å². The molecule has 1 amide bonds. The van der Waals surface area contributed by atoms with E-state index in [0.29, 0.717) is 10.2 Å². The van der Waals surface area contributed by atoms with E-state index in [4.69, 9.17) is 21.8 Å². The van der Waals surface area contributed by atoms with Gasteiger partial charge < -0.3 is 10.1 Å². The van der Waals surface area contributed by atoms with Crippen molar-refractivity contribution in [1.82, 2.24) is 5.32 Å². The molecule has 0 bridgehead atoms. The molecule has 0 fully saturated rings. The average Bonchev–Trinajstić information content (AvgIpc) is 2.36. The zero-order chi connectivity index (χ0) is 15.3. The molecule has 0 saturated carbocycles. The van der Waals surface area contributed by atoms with Gasteiger partial charge in [-0.05, 0) is 41.1 Å². The SMILES string of the molecule is C#CCNC(=O)C(C)Oc1ccc(S(=O)(=O)Cl)cc1Br. The monoisotopic (exact) mass is 379 g/mol. The molecule has 0 heterocycles. The second-order valence-corrected chi connectivity index (χ2v) is 7.13. The molecule has 5 nitrogen and oxygen atoms in total. The molecule has 1 atom stereocenters. The first-order chi connectivity index (χ1) is 9.25. The third-order valence-electron chi connectivity index (χ3n) is 2.22. The largest absolute Gasteiger partial charge is 0.480 e. The third kappa shape index (κ3) is 4.71. The first kappa shape index (κ1) is 16.8. The number of nitrogens with one attached hydrogen (secondary N) is 1. The Morgan fingerprint density at radius 3 is 2.75 bits per heavy atom. The predicted molar refractivity (Wildman–Crippen MR) is 79.1 cm³/mol. The summed E-state index contributed by atoms with van der Waals surface area (Å²) in [5.74, 6) is 2.22. The van der Waals surface area contributed by atoms with E-state index in [1.54, 1.807) is 6.92 Å². The van der Waals surface area contributed by atoms with Crippen LogP contribution < -0.4 is 10.1 Å². The molecule has 0 aliphatic heterocycles. The number of carbonyl (C=O) groups is 1. The fraction of sp³-hybridized carbons (Fsp3) is 0.250. The van der Waals surface area contributed by atoms with Crippen LogP contribution in [0.25, 0.3) is 0 Å². The Balaban J connectivity index is 2.84. The summed E-state index contributed by atoms with van der Waals surface area (Å²) in [5, 5.41) is 2.48. The first-order valence-corrected chi connectivity index (χ1v) is 8.48. The van der Waals surface area contributed by atoms with Gasteiger partial charge in [0.1, 0.15) is 5.75 Å². The van der Waals surface area contributed by atoms with Gasteiger partial charge in [-0.3, -0.25) is 4.79 Å². The molecule has 0 aromatic heterocycles. The number of rotatable bonds is 5. The predicted octanol–water partition coefficient (Wildman–Crippen LogP) is 1.89. The van der Waals surface area contributed by atoms with Crippen molar-refractivity contribution in [1.29, 1.82) is 0 Å². The molecule has 0 aliphatic rings. The molecule has 0 aliphatic carbocycles. The summed E-state index contributed by atoms with van der Waals surface area (Å²) >= 11 is 3.16. The normalized spacial score (nSPS) is 12.3. The number of carbonyl (C=O) groups excluding carboxylic acids is 1. The van der Waals surface area contributed by atoms with E-state index in [-0.39, 0.29) is 17.3 Å². The number of hydrogen-bond acceptors (Lipinski definition) is 4. The fourth-order valence-electron chi connectivity index (χ4n) is 1.25. The average molecular weight is 381 g/mol. The van der Waals surface area contributed by atoms with Crippen LogP contribution in [-0.2, 0) is 13.8 Å². The zero-order valence-corrected chi connectivity index (χ0v) is 13.5. The Kier molecular flexibility index (Phi) is 5.87. The van der Waals surface area contributed by atoms with Gasteiger partial charge in [0.2, 0.25) is 0 Å². The van der Waals surface area contributed by atoms with Crippen LogP contribution in [0.15, 0.2) is 27.6 Å². The van der Waals surface area contributed by atoms with Crippen LogP contribution in [0.5, 0.6) is 5.75 Å². The minimum Gasteiger partial charge on any atom is -0.480 e. The molecular weight excluding hydrogens is 370 g/mol. The maximum atomic E-state index is 11.6. The van der Waals surface area contributed by atoms with Crippen molar-refractivity contribution in [2.45, 2.75) is 17.9 Å². The fourth-order valence-corrected chi connectivity index (χ4v) is 2.66. The van der Waals surface area contributed by atoms with Crippen LogP contribution in [0.3, 0.4) is 0 Å². The van der Waals surface area contributed by atoms with Gasteiger partial charge in [-0.15, -0.1) is 6.42 Å². The molecule has 1 rings (SSSR count). The number of halogens is 2. The first-order valence-electron chi connectivity index (χ1n) is 5.37. The van der Waals surface area contributed by atoms with E-state index < -0.39 is 15.2 Å². The molecule has 1 N–H and O–H groups in total. The summed E-state index contributed by atoms with van der Waals surface area (Å²) in [6.07, 6.45) is 4.25. The van der Waals surface area contributed by atoms with Crippen molar-refractivity contribution < 1.29 is 17.9 Å². The molecule has 0 saturated heterocycles. The summed E-state index contributed by atoms with van der Waals surface area (Å²) in [5.41, 5.74) is 0. The summed E-state index contributed by atoms with van der Waals surface area (Å²) in [6.45, 7) is 1.65. The lowest BCUT2D eigenvalue weighted by atomic mass is 10.3. The van der Waals surface area contributed by atoms with E-state index in [2.05, 4.69) is 27.2 Å². The lowest BCUT2D eigenvalue weighted by Crippen LogP contribution is -2.36. The third-order valence-corrected chi connectivity index (χ3v) is 4.19. The number of benzene rings is 1. The maximum Gasteiger partial charge on any atom is 0.261 e. The summed E-state index contributed by atoms with van der Waals surface area (Å²) in [4.78, 5) is 11.5. The van der Waals surface area contributed by atoms with Gasteiger partial charge in [-0.2, -0.15) is 0 Å². The van der Waals surface area contributed by atoms with Gasteiger partial charge in [0.15, 0.2) is 6.10 Å². The number of hydrogen-bond donors (Lipinski definition) is 1. The molecule has 0 radical (unpaired) electrons. The second kappa shape index (κ2) is 6.97. The minimum atomic E-state index is -3.81. The maximum absolute atomic E-state index is 11.6. The summed E-state index contributed by atoms with van der Waals surface area (Å²) in [6, 6.07) is 3.99. The van der Waals surface area contributed by atoms with Crippen LogP contribution in [0, 0.1) is 12.3 Å². The van der Waals surface area contributed by atoms with E-state index >= 15 is 0 Å². The Morgan fingerprint density at radius 2 is 2.25 bits per heavy atom. The van der Waals surface area contributed by atoms with Gasteiger partial charge in [0, 0.05) is 10.7 Å². The van der Waals surface area contributed by atoms with Crippen molar-refractivity contribution in [3.05, 3.63) is 22.7 Å². The number of ether oxygens (including phenoxy) is 1. The minimum absolute atomic E-state index is 0.0668. The van der Waals surface area contributed by atoms with E-state index in [9.17, 15) is 13.2 Å². The van der Waals surface area contributed by atoms with Crippen molar-refractivity contribution in [2.24, 2.45) is 0 Å². The highest BCUT2D eigenvalue weighted by Crippen LogP contribution is 2.29. The summed E-state index contributed by atoms with van der Waals surface area (Å²) in [7, 11) is 1.41. The molecule has 8 heteroatoms. The Morgan fingerprint density at radius 1 is 1.60 bits per heavy atom. The van der Waals surface area contributed by atoms with Crippen LogP contribution >= 0.6 is 26.6 Å². The van der Waals surface area contributed by atoms with Crippen molar-refractivity contribution in [3.63, 3.8) is 0 Å². The quantitative estimate of drug-likeness (QED) is 0.625. The standard InChI is InChI=1S/C12H11BrClNO4S/c1-3-6-15-12(16)8(2)19-11-5-4-9(7-10(11)13)20(14,17)18/h1,4-5,7-8H,6H2,2H3,(H,15,16). The van der Waals surface area contributed by atoms with Crippen LogP contribution in [0.2, 0.25) is 0 Å². The van der Waals surface area contributed by atoms with E-state index in [1.165, 1.54) is 18.2 Å². The van der Waals surface area contributed by atoms with Crippen molar-refractivity contribution in [2.75, 3.05) is 6.54 Å². The van der Waals surface area contributed by atoms with Gasteiger partial charge >= 0.3 is 0 Å². The smallest absolute Gasteiger partial charge is 0.261 e. The molecule has 20 heavy (non-hydrogen) atoms. The number of amides is 1. The highest BCUT2D eigenvalue weighted by molar-refractivity contribution is 9.10. The Bertz CT molecular complexity index is 654. The van der Waals surface area contributed by atoms with Crippen LogP contribution in [0.1, 0.15) is 6.92 Å². The van der Waals surface area contributed by atoms with Crippen molar-refractivity contribution >= 4 is 41.6 Å². The lowest BCUT2D eigenvalue weighted by molar-refractivity contribution is -0.127. The molecule has 1 aromatic rings. The van der Waals surface area contributed by atoms with Gasteiger partial charge in [0.05, 0.1) is 15.9 Å². The Hall–Kier alpha value is -1.23. The second-order valence-electron chi connectivity index (χ2n) is 3.71. The number of terminal acetylenes is 1. The lowest BCUT2D eigenvalue weighted by Gasteiger charge is -2.15. The highest BCUT2D eigenvalue weighted by Gasteiger charge is 2.17. The summed E-state index contributed by atoms with van der Waals surface area (Å²) < 4.78 is 28.1. The molecule has 1 aromatic carbocycles. The van der Waals surface area contributed by atoms with Gasteiger partial charge in [-0.1, -0.05) is 5.92 Å². The van der Waals surface area contributed by atoms with Crippen LogP contribution in [-0.4, -0.2) is 27.0 Å². The molecule has 0 spiro atoms. The van der Waals surface area contributed by atoms with Gasteiger partial charge in [0.25, 0.3) is 15.0 Å². The Labute approximate surface area is 130 Å². The molecule has 108 valence electrons. The zero-order valence-electron chi connectivity index (χ0n) is 10.4. The topological polar surface area (TPSA) is 72.5 Å². The van der Waals surface area contributed by atoms with E-state index in [0.717, 1.165) is 0 Å². The highest BCUT2D eigenvalue weighted by atomic mass is 79.9. The van der Waals surface area contributed by atoms with Crippen LogP contribution in [0.4, 0.5) is 0 Å². The van der Waals surface area contributed by atoms with Crippen molar-refractivity contribution in [3.8, 4) is 18.1 Å². The van der Waals surface area contributed by atoms with Gasteiger partial charge in [-0.25, -0.2) is 8.42 Å². The molecule has 1 unspecified atom stereocenters. The molecular formula is C12H11BrClNO4S.